The number of thioether (sulfide) groups is 1. The van der Waals surface area contributed by atoms with Crippen molar-refractivity contribution < 1.29 is 18.0 Å². The van der Waals surface area contributed by atoms with Crippen molar-refractivity contribution in [3.05, 3.63) is 84.4 Å². The molecule has 3 aromatic rings. The standard InChI is InChI=1S/C24H22N4O4S2/c1-17-7-13-21(14-8-17)34(31,32)27-18-9-11-20(12-10-18)33-16-23(29)25-22-15-24(30)28(26-22)19-5-3-2-4-6-19/h2-14,27H,15-16H2,1H3,(H,25,26,29). The van der Waals surface area contributed by atoms with E-state index in [-0.39, 0.29) is 28.9 Å². The van der Waals surface area contributed by atoms with Crippen LogP contribution in [0.4, 0.5) is 11.4 Å². The smallest absolute Gasteiger partial charge is 0.261 e. The lowest BCUT2D eigenvalue weighted by Gasteiger charge is -2.10. The van der Waals surface area contributed by atoms with Crippen LogP contribution in [0.1, 0.15) is 12.0 Å². The van der Waals surface area contributed by atoms with Gasteiger partial charge in [-0.1, -0.05) is 35.9 Å². The van der Waals surface area contributed by atoms with Crippen LogP contribution in [0.2, 0.25) is 0 Å². The second-order valence-corrected chi connectivity index (χ2v) is 10.3. The number of carbonyl (C=O) groups is 2. The van der Waals surface area contributed by atoms with Gasteiger partial charge in [0.1, 0.15) is 5.84 Å². The van der Waals surface area contributed by atoms with Crippen LogP contribution in [0.25, 0.3) is 0 Å². The van der Waals surface area contributed by atoms with E-state index >= 15 is 0 Å². The van der Waals surface area contributed by atoms with Gasteiger partial charge in [0.25, 0.3) is 15.9 Å². The summed E-state index contributed by atoms with van der Waals surface area (Å²) in [5.74, 6) is -0.0683. The van der Waals surface area contributed by atoms with Crippen molar-refractivity contribution in [3.63, 3.8) is 0 Å². The maximum absolute atomic E-state index is 12.5. The largest absolute Gasteiger partial charge is 0.312 e. The number of amides is 2. The first-order chi connectivity index (χ1) is 16.3. The Morgan fingerprint density at radius 1 is 1.00 bits per heavy atom. The zero-order valence-electron chi connectivity index (χ0n) is 18.3. The zero-order valence-corrected chi connectivity index (χ0v) is 19.9. The minimum Gasteiger partial charge on any atom is -0.312 e. The van der Waals surface area contributed by atoms with Crippen molar-refractivity contribution in [2.45, 2.75) is 23.1 Å². The molecule has 0 atom stereocenters. The zero-order chi connectivity index (χ0) is 24.1. The molecular formula is C24H22N4O4S2. The van der Waals surface area contributed by atoms with Crippen LogP contribution >= 0.6 is 11.8 Å². The number of sulfonamides is 1. The Kier molecular flexibility index (Phi) is 6.99. The minimum atomic E-state index is -3.68. The lowest BCUT2D eigenvalue weighted by atomic mass is 10.2. The number of amidine groups is 1. The second kappa shape index (κ2) is 10.1. The van der Waals surface area contributed by atoms with Gasteiger partial charge in [-0.05, 0) is 55.5 Å². The highest BCUT2D eigenvalue weighted by Crippen LogP contribution is 2.23. The van der Waals surface area contributed by atoms with E-state index in [0.717, 1.165) is 10.5 Å². The molecule has 0 bridgehead atoms. The monoisotopic (exact) mass is 494 g/mol. The molecule has 1 aliphatic heterocycles. The number of hydrazone groups is 1. The van der Waals surface area contributed by atoms with Gasteiger partial charge in [-0.3, -0.25) is 14.3 Å². The van der Waals surface area contributed by atoms with Crippen molar-refractivity contribution in [2.75, 3.05) is 15.5 Å². The average Bonchev–Trinajstić information content (AvgIpc) is 3.19. The van der Waals surface area contributed by atoms with Gasteiger partial charge < -0.3 is 5.32 Å². The summed E-state index contributed by atoms with van der Waals surface area (Å²) in [4.78, 5) is 25.5. The summed E-state index contributed by atoms with van der Waals surface area (Å²) in [6.45, 7) is 1.89. The fourth-order valence-electron chi connectivity index (χ4n) is 3.17. The molecule has 0 radical (unpaired) electrons. The first kappa shape index (κ1) is 23.5. The summed E-state index contributed by atoms with van der Waals surface area (Å²) in [7, 11) is -3.68. The molecule has 10 heteroatoms. The lowest BCUT2D eigenvalue weighted by Crippen LogP contribution is -2.31. The third-order valence-corrected chi connectivity index (χ3v) is 7.28. The van der Waals surface area contributed by atoms with Gasteiger partial charge in [0, 0.05) is 10.6 Å². The quantitative estimate of drug-likeness (QED) is 0.487. The van der Waals surface area contributed by atoms with Gasteiger partial charge in [0.2, 0.25) is 5.91 Å². The summed E-state index contributed by atoms with van der Waals surface area (Å²) >= 11 is 1.29. The first-order valence-electron chi connectivity index (χ1n) is 10.4. The first-order valence-corrected chi connectivity index (χ1v) is 12.8. The molecule has 3 aromatic carbocycles. The summed E-state index contributed by atoms with van der Waals surface area (Å²) in [5, 5.41) is 8.16. The number of benzene rings is 3. The third kappa shape index (κ3) is 5.83. The number of anilines is 2. The molecule has 2 N–H and O–H groups in total. The Balaban J connectivity index is 1.30. The van der Waals surface area contributed by atoms with E-state index in [1.54, 1.807) is 60.7 Å². The number of hydrogen-bond acceptors (Lipinski definition) is 6. The van der Waals surface area contributed by atoms with E-state index in [1.165, 1.54) is 16.8 Å². The van der Waals surface area contributed by atoms with Crippen LogP contribution in [0, 0.1) is 6.92 Å². The summed E-state index contributed by atoms with van der Waals surface area (Å²) < 4.78 is 27.6. The minimum absolute atomic E-state index is 0.0289. The molecule has 0 unspecified atom stereocenters. The predicted molar refractivity (Wildman–Crippen MR) is 133 cm³/mol. The molecule has 0 saturated heterocycles. The van der Waals surface area contributed by atoms with Crippen LogP contribution in [0.3, 0.4) is 0 Å². The molecule has 34 heavy (non-hydrogen) atoms. The van der Waals surface area contributed by atoms with Gasteiger partial charge in [-0.15, -0.1) is 11.8 Å². The second-order valence-electron chi connectivity index (χ2n) is 7.54. The van der Waals surface area contributed by atoms with E-state index in [9.17, 15) is 18.0 Å². The molecule has 0 saturated carbocycles. The van der Waals surface area contributed by atoms with Crippen LogP contribution in [0.5, 0.6) is 0 Å². The third-order valence-electron chi connectivity index (χ3n) is 4.87. The van der Waals surface area contributed by atoms with E-state index in [4.69, 9.17) is 0 Å². The number of hydrogen-bond donors (Lipinski definition) is 2. The summed E-state index contributed by atoms with van der Waals surface area (Å²) in [6.07, 6.45) is 0.0289. The highest BCUT2D eigenvalue weighted by atomic mass is 32.2. The van der Waals surface area contributed by atoms with Crippen LogP contribution in [-0.4, -0.2) is 31.8 Å². The van der Waals surface area contributed by atoms with E-state index in [2.05, 4.69) is 15.1 Å². The number of carbonyl (C=O) groups excluding carboxylic acids is 2. The Morgan fingerprint density at radius 3 is 2.35 bits per heavy atom. The Hall–Kier alpha value is -3.63. The number of nitrogens with zero attached hydrogens (tertiary/aromatic N) is 2. The molecule has 174 valence electrons. The maximum atomic E-state index is 12.5. The lowest BCUT2D eigenvalue weighted by molar-refractivity contribution is -0.117. The summed E-state index contributed by atoms with van der Waals surface area (Å²) in [5.41, 5.74) is 2.04. The molecule has 1 aliphatic rings. The van der Waals surface area contributed by atoms with Crippen molar-refractivity contribution in [2.24, 2.45) is 5.10 Å². The van der Waals surface area contributed by atoms with Gasteiger partial charge in [-0.2, -0.15) is 10.1 Å². The number of para-hydroxylation sites is 1. The molecule has 0 spiro atoms. The SMILES string of the molecule is Cc1ccc(S(=O)(=O)Nc2ccc(SCC(=O)NC3=NN(c4ccccc4)C(=O)C3)cc2)cc1. The Bertz CT molecular complexity index is 1320. The van der Waals surface area contributed by atoms with Crippen LogP contribution in [0.15, 0.2) is 93.8 Å². The molecule has 4 rings (SSSR count). The van der Waals surface area contributed by atoms with E-state index in [0.29, 0.717) is 17.2 Å². The molecule has 0 aromatic heterocycles. The Labute approximate surface area is 202 Å². The van der Waals surface area contributed by atoms with Crippen LogP contribution < -0.4 is 15.0 Å². The molecule has 8 nitrogen and oxygen atoms in total. The van der Waals surface area contributed by atoms with E-state index < -0.39 is 10.0 Å². The Morgan fingerprint density at radius 2 is 1.68 bits per heavy atom. The molecule has 0 aliphatic carbocycles. The number of aryl methyl sites for hydroxylation is 1. The highest BCUT2D eigenvalue weighted by molar-refractivity contribution is 8.00. The topological polar surface area (TPSA) is 108 Å². The highest BCUT2D eigenvalue weighted by Gasteiger charge is 2.26. The average molecular weight is 495 g/mol. The molecule has 1 heterocycles. The molecular weight excluding hydrogens is 472 g/mol. The van der Waals surface area contributed by atoms with Crippen molar-refractivity contribution in [3.8, 4) is 0 Å². The van der Waals surface area contributed by atoms with Gasteiger partial charge in [0.05, 0.1) is 22.8 Å². The van der Waals surface area contributed by atoms with Gasteiger partial charge >= 0.3 is 0 Å². The van der Waals surface area contributed by atoms with Crippen LogP contribution in [-0.2, 0) is 19.6 Å². The van der Waals surface area contributed by atoms with Gasteiger partial charge in [0.15, 0.2) is 0 Å². The molecule has 0 fully saturated rings. The number of nitrogens with one attached hydrogen (secondary N) is 2. The number of rotatable bonds is 7. The fourth-order valence-corrected chi connectivity index (χ4v) is 4.92. The predicted octanol–water partition coefficient (Wildman–Crippen LogP) is 3.75. The maximum Gasteiger partial charge on any atom is 0.261 e. The fraction of sp³-hybridized carbons (Fsp3) is 0.125. The van der Waals surface area contributed by atoms with Gasteiger partial charge in [-0.25, -0.2) is 8.42 Å². The van der Waals surface area contributed by atoms with E-state index in [1.807, 2.05) is 25.1 Å². The summed E-state index contributed by atoms with van der Waals surface area (Å²) in [6, 6.07) is 22.4. The van der Waals surface area contributed by atoms with Crippen molar-refractivity contribution in [1.82, 2.24) is 5.32 Å². The van der Waals surface area contributed by atoms with Crippen molar-refractivity contribution in [1.29, 1.82) is 0 Å². The normalized spacial score (nSPS) is 13.5. The molecule has 2 amide bonds. The van der Waals surface area contributed by atoms with Crippen molar-refractivity contribution >= 4 is 50.8 Å².